The molecule has 0 aromatic rings. The van der Waals surface area contributed by atoms with Crippen LogP contribution in [0.15, 0.2) is 4.99 Å². The highest BCUT2D eigenvalue weighted by Crippen LogP contribution is 2.26. The number of hydrogen-bond donors (Lipinski definition) is 1. The summed E-state index contributed by atoms with van der Waals surface area (Å²) in [5.74, 6) is 0.671. The Hall–Kier alpha value is -0.230. The van der Waals surface area contributed by atoms with Gasteiger partial charge in [-0.1, -0.05) is 25.6 Å². The Morgan fingerprint density at radius 1 is 1.50 bits per heavy atom. The Kier molecular flexibility index (Phi) is 5.12. The fourth-order valence-electron chi connectivity index (χ4n) is 1.58. The van der Waals surface area contributed by atoms with Crippen molar-refractivity contribution in [2.75, 3.05) is 19.3 Å². The number of rotatable bonds is 5. The third-order valence-corrected chi connectivity index (χ3v) is 6.44. The number of aliphatic imine (C=N–C) groups is 1. The smallest absolute Gasteiger partial charge is 0.156 e. The standard InChI is InChI=1S/C12H24N2O2S2/c1-9(2)6-10-7-13-11(17-10)14-8-12(3,4)18(5,15)16/h9-10H,6-8H2,1-5H3,(H,13,14). The molecule has 0 amide bonds. The molecule has 0 fully saturated rings. The maximum atomic E-state index is 11.6. The van der Waals surface area contributed by atoms with Crippen LogP contribution in [-0.4, -0.2) is 42.9 Å². The molecule has 0 aliphatic carbocycles. The summed E-state index contributed by atoms with van der Waals surface area (Å²) >= 11 is 1.73. The van der Waals surface area contributed by atoms with Gasteiger partial charge in [0, 0.05) is 18.1 Å². The van der Waals surface area contributed by atoms with Crippen molar-refractivity contribution < 1.29 is 8.42 Å². The number of hydrogen-bond acceptors (Lipinski definition) is 5. The van der Waals surface area contributed by atoms with E-state index in [2.05, 4.69) is 24.2 Å². The van der Waals surface area contributed by atoms with Crippen LogP contribution in [-0.2, 0) is 9.84 Å². The van der Waals surface area contributed by atoms with E-state index in [0.717, 1.165) is 18.1 Å². The van der Waals surface area contributed by atoms with E-state index in [9.17, 15) is 8.42 Å². The zero-order valence-corrected chi connectivity index (χ0v) is 13.5. The van der Waals surface area contributed by atoms with Crippen molar-refractivity contribution in [3.8, 4) is 0 Å². The van der Waals surface area contributed by atoms with Crippen molar-refractivity contribution >= 4 is 26.8 Å². The zero-order chi connectivity index (χ0) is 14.0. The van der Waals surface area contributed by atoms with E-state index in [1.165, 1.54) is 6.26 Å². The first kappa shape index (κ1) is 15.8. The average Bonchev–Trinajstić information content (AvgIpc) is 2.60. The summed E-state index contributed by atoms with van der Waals surface area (Å²) < 4.78 is 22.4. The van der Waals surface area contributed by atoms with Gasteiger partial charge in [-0.15, -0.1) is 0 Å². The van der Waals surface area contributed by atoms with E-state index in [-0.39, 0.29) is 0 Å². The molecular weight excluding hydrogens is 268 g/mol. The van der Waals surface area contributed by atoms with Gasteiger partial charge in [0.2, 0.25) is 0 Å². The zero-order valence-electron chi connectivity index (χ0n) is 11.9. The van der Waals surface area contributed by atoms with Crippen LogP contribution in [0.3, 0.4) is 0 Å². The molecule has 0 aromatic carbocycles. The molecule has 106 valence electrons. The van der Waals surface area contributed by atoms with E-state index in [4.69, 9.17) is 0 Å². The van der Waals surface area contributed by atoms with Crippen LogP contribution in [0.25, 0.3) is 0 Å². The first-order chi connectivity index (χ1) is 8.12. The molecule has 1 aliphatic rings. The highest BCUT2D eigenvalue weighted by Gasteiger charge is 2.31. The first-order valence-electron chi connectivity index (χ1n) is 6.26. The lowest BCUT2D eigenvalue weighted by Crippen LogP contribution is -2.43. The molecule has 0 bridgehead atoms. The number of nitrogens with zero attached hydrogens (tertiary/aromatic N) is 1. The number of amidine groups is 1. The third kappa shape index (κ3) is 4.46. The van der Waals surface area contributed by atoms with Gasteiger partial charge in [0.25, 0.3) is 0 Å². The summed E-state index contributed by atoms with van der Waals surface area (Å²) in [5.41, 5.74) is 0. The lowest BCUT2D eigenvalue weighted by Gasteiger charge is -2.23. The quantitative estimate of drug-likeness (QED) is 0.841. The van der Waals surface area contributed by atoms with Crippen molar-refractivity contribution in [1.29, 1.82) is 0 Å². The third-order valence-electron chi connectivity index (χ3n) is 3.12. The van der Waals surface area contributed by atoms with Crippen molar-refractivity contribution in [2.45, 2.75) is 44.1 Å². The summed E-state index contributed by atoms with van der Waals surface area (Å²) in [6.07, 6.45) is 2.43. The molecule has 6 heteroatoms. The maximum Gasteiger partial charge on any atom is 0.156 e. The van der Waals surface area contributed by atoms with E-state index < -0.39 is 14.6 Å². The fraction of sp³-hybridized carbons (Fsp3) is 0.917. The minimum atomic E-state index is -3.05. The number of sulfone groups is 1. The van der Waals surface area contributed by atoms with Gasteiger partial charge < -0.3 is 5.32 Å². The van der Waals surface area contributed by atoms with Gasteiger partial charge in [0.15, 0.2) is 15.0 Å². The number of thioether (sulfide) groups is 1. The van der Waals surface area contributed by atoms with Gasteiger partial charge in [-0.3, -0.25) is 4.99 Å². The topological polar surface area (TPSA) is 58.5 Å². The highest BCUT2D eigenvalue weighted by molar-refractivity contribution is 8.14. The molecule has 0 aromatic heterocycles. The summed E-state index contributed by atoms with van der Waals surface area (Å²) in [6.45, 7) is 9.14. The van der Waals surface area contributed by atoms with Gasteiger partial charge in [-0.2, -0.15) is 0 Å². The molecule has 0 radical (unpaired) electrons. The molecule has 0 saturated heterocycles. The van der Waals surface area contributed by atoms with Crippen molar-refractivity contribution in [3.63, 3.8) is 0 Å². The molecule has 1 rings (SSSR count). The van der Waals surface area contributed by atoms with Crippen LogP contribution in [0.1, 0.15) is 34.1 Å². The Morgan fingerprint density at radius 3 is 2.61 bits per heavy atom. The van der Waals surface area contributed by atoms with Gasteiger partial charge in [-0.05, 0) is 26.2 Å². The summed E-state index contributed by atoms with van der Waals surface area (Å²) in [7, 11) is -3.05. The van der Waals surface area contributed by atoms with E-state index in [0.29, 0.717) is 17.7 Å². The maximum absolute atomic E-state index is 11.6. The average molecular weight is 292 g/mol. The van der Waals surface area contributed by atoms with Crippen LogP contribution in [0, 0.1) is 5.92 Å². The summed E-state index contributed by atoms with van der Waals surface area (Å²) in [5, 5.41) is 4.59. The summed E-state index contributed by atoms with van der Waals surface area (Å²) in [4.78, 5) is 4.43. The lowest BCUT2D eigenvalue weighted by atomic mass is 10.1. The molecule has 1 aliphatic heterocycles. The minimum absolute atomic E-state index is 0.409. The van der Waals surface area contributed by atoms with Crippen molar-refractivity contribution in [1.82, 2.24) is 5.32 Å². The summed E-state index contributed by atoms with van der Waals surface area (Å²) in [6, 6.07) is 0. The lowest BCUT2D eigenvalue weighted by molar-refractivity contribution is 0.547. The van der Waals surface area contributed by atoms with Crippen molar-refractivity contribution in [3.05, 3.63) is 0 Å². The Balaban J connectivity index is 2.43. The first-order valence-corrected chi connectivity index (χ1v) is 9.03. The monoisotopic (exact) mass is 292 g/mol. The predicted octanol–water partition coefficient (Wildman–Crippen LogP) is 1.92. The molecule has 1 atom stereocenters. The normalized spacial score (nSPS) is 21.2. The van der Waals surface area contributed by atoms with Crippen LogP contribution < -0.4 is 5.32 Å². The second kappa shape index (κ2) is 5.82. The van der Waals surface area contributed by atoms with Crippen molar-refractivity contribution in [2.24, 2.45) is 10.9 Å². The van der Waals surface area contributed by atoms with Crippen LogP contribution >= 0.6 is 11.8 Å². The fourth-order valence-corrected chi connectivity index (χ4v) is 3.17. The Morgan fingerprint density at radius 2 is 2.11 bits per heavy atom. The Labute approximate surface area is 115 Å². The highest BCUT2D eigenvalue weighted by atomic mass is 32.2. The molecule has 18 heavy (non-hydrogen) atoms. The second-order valence-electron chi connectivity index (χ2n) is 5.90. The molecule has 1 unspecified atom stereocenters. The van der Waals surface area contributed by atoms with Gasteiger partial charge in [0.05, 0.1) is 11.3 Å². The molecule has 0 saturated carbocycles. The van der Waals surface area contributed by atoms with Gasteiger partial charge >= 0.3 is 0 Å². The number of nitrogens with one attached hydrogen (secondary N) is 1. The molecule has 1 heterocycles. The van der Waals surface area contributed by atoms with E-state index >= 15 is 0 Å². The molecule has 1 N–H and O–H groups in total. The molecular formula is C12H24N2O2S2. The minimum Gasteiger partial charge on any atom is -0.363 e. The van der Waals surface area contributed by atoms with E-state index in [1.807, 2.05) is 0 Å². The van der Waals surface area contributed by atoms with Gasteiger partial charge in [-0.25, -0.2) is 8.42 Å². The SMILES string of the molecule is CC(C)CC1CN=C(NCC(C)(C)S(C)(=O)=O)S1. The largest absolute Gasteiger partial charge is 0.363 e. The second-order valence-corrected chi connectivity index (χ2v) is 9.84. The van der Waals surface area contributed by atoms with E-state index in [1.54, 1.807) is 25.6 Å². The van der Waals surface area contributed by atoms with Crippen LogP contribution in [0.4, 0.5) is 0 Å². The molecule has 4 nitrogen and oxygen atoms in total. The predicted molar refractivity (Wildman–Crippen MR) is 80.1 cm³/mol. The van der Waals surface area contributed by atoms with Crippen LogP contribution in [0.5, 0.6) is 0 Å². The van der Waals surface area contributed by atoms with Gasteiger partial charge in [0.1, 0.15) is 0 Å². The van der Waals surface area contributed by atoms with Crippen LogP contribution in [0.2, 0.25) is 0 Å². The molecule has 0 spiro atoms. The Bertz CT molecular complexity index is 414.